The number of ether oxygens (including phenoxy) is 1. The first-order valence-electron chi connectivity index (χ1n) is 10.2. The molecule has 10 heteroatoms. The number of hydrogen-bond donors (Lipinski definition) is 2. The van der Waals surface area contributed by atoms with E-state index in [9.17, 15) is 13.5 Å². The molecule has 0 aliphatic rings. The van der Waals surface area contributed by atoms with Crippen LogP contribution in [0.3, 0.4) is 0 Å². The fourth-order valence-corrected chi connectivity index (χ4v) is 5.09. The van der Waals surface area contributed by atoms with Crippen molar-refractivity contribution in [1.82, 2.24) is 14.6 Å². The lowest BCUT2D eigenvalue weighted by Crippen LogP contribution is -2.06. The van der Waals surface area contributed by atoms with E-state index >= 15 is 0 Å². The average Bonchev–Trinajstić information content (AvgIpc) is 3.12. The highest BCUT2D eigenvalue weighted by Crippen LogP contribution is 2.35. The standard InChI is InChI=1S/C24H19N5O4S/c1-33-17-9-11-18(12-10-17)34(31,32)22-21-24(28-20-8-3-2-7-19(20)27-21)29(23(22)25)26-14-15-5-4-6-16(30)13-15/h2-14,30H,25H2,1H3/b26-14+. The van der Waals surface area contributed by atoms with Crippen LogP contribution in [-0.2, 0) is 9.84 Å². The Bertz CT molecular complexity index is 1680. The van der Waals surface area contributed by atoms with E-state index in [1.54, 1.807) is 42.5 Å². The van der Waals surface area contributed by atoms with Crippen molar-refractivity contribution in [2.75, 3.05) is 12.8 Å². The van der Waals surface area contributed by atoms with Crippen LogP contribution in [0.25, 0.3) is 22.2 Å². The van der Waals surface area contributed by atoms with Crippen molar-refractivity contribution in [3.05, 3.63) is 78.4 Å². The number of para-hydroxylation sites is 2. The number of nitrogens with two attached hydrogens (primary N) is 1. The molecule has 0 amide bonds. The van der Waals surface area contributed by atoms with E-state index in [4.69, 9.17) is 10.5 Å². The van der Waals surface area contributed by atoms with Crippen LogP contribution in [-0.4, -0.2) is 41.5 Å². The SMILES string of the molecule is COc1ccc(S(=O)(=O)c2c(N)n(/N=C/c3cccc(O)c3)c3nc4ccccc4nc23)cc1. The minimum atomic E-state index is -4.08. The van der Waals surface area contributed by atoms with Gasteiger partial charge in [0.1, 0.15) is 27.7 Å². The van der Waals surface area contributed by atoms with Crippen molar-refractivity contribution >= 4 is 44.1 Å². The summed E-state index contributed by atoms with van der Waals surface area (Å²) in [5.41, 5.74) is 8.35. The molecule has 3 N–H and O–H groups in total. The Balaban J connectivity index is 1.77. The monoisotopic (exact) mass is 473 g/mol. The van der Waals surface area contributed by atoms with Gasteiger partial charge in [-0.1, -0.05) is 24.3 Å². The fourth-order valence-electron chi connectivity index (χ4n) is 3.61. The van der Waals surface area contributed by atoms with Gasteiger partial charge in [-0.05, 0) is 54.1 Å². The van der Waals surface area contributed by atoms with E-state index in [0.717, 1.165) is 0 Å². The van der Waals surface area contributed by atoms with E-state index in [0.29, 0.717) is 22.3 Å². The van der Waals surface area contributed by atoms with Crippen LogP contribution in [0.4, 0.5) is 5.82 Å². The summed E-state index contributed by atoms with van der Waals surface area (Å²) in [6.45, 7) is 0. The summed E-state index contributed by atoms with van der Waals surface area (Å²) in [7, 11) is -2.58. The lowest BCUT2D eigenvalue weighted by atomic mass is 10.2. The van der Waals surface area contributed by atoms with E-state index < -0.39 is 9.84 Å². The number of hydrogen-bond acceptors (Lipinski definition) is 8. The third-order valence-corrected chi connectivity index (χ3v) is 7.09. The maximum absolute atomic E-state index is 13.6. The Kier molecular flexibility index (Phi) is 5.14. The highest BCUT2D eigenvalue weighted by molar-refractivity contribution is 7.92. The van der Waals surface area contributed by atoms with Crippen LogP contribution < -0.4 is 10.5 Å². The molecule has 2 heterocycles. The van der Waals surface area contributed by atoms with Gasteiger partial charge in [0.2, 0.25) is 9.84 Å². The summed E-state index contributed by atoms with van der Waals surface area (Å²) in [6, 6.07) is 19.6. The van der Waals surface area contributed by atoms with E-state index in [2.05, 4.69) is 15.1 Å². The summed E-state index contributed by atoms with van der Waals surface area (Å²) < 4.78 is 33.7. The van der Waals surface area contributed by atoms with Crippen molar-refractivity contribution in [3.63, 3.8) is 0 Å². The van der Waals surface area contributed by atoms with Gasteiger partial charge in [-0.15, -0.1) is 0 Å². The van der Waals surface area contributed by atoms with Crippen LogP contribution >= 0.6 is 0 Å². The van der Waals surface area contributed by atoms with E-state index in [1.165, 1.54) is 42.3 Å². The van der Waals surface area contributed by atoms with Crippen LogP contribution in [0.2, 0.25) is 0 Å². The van der Waals surface area contributed by atoms with E-state index in [-0.39, 0.29) is 32.5 Å². The molecule has 0 unspecified atom stereocenters. The molecule has 0 saturated heterocycles. The first-order valence-corrected chi connectivity index (χ1v) is 11.7. The molecule has 0 fully saturated rings. The van der Waals surface area contributed by atoms with Crippen molar-refractivity contribution in [2.24, 2.45) is 5.10 Å². The second-order valence-electron chi connectivity index (χ2n) is 7.43. The summed E-state index contributed by atoms with van der Waals surface area (Å²) >= 11 is 0. The number of aromatic nitrogens is 3. The molecule has 0 saturated carbocycles. The Hall–Kier alpha value is -4.44. The second-order valence-corrected chi connectivity index (χ2v) is 9.32. The number of nitrogens with zero attached hydrogens (tertiary/aromatic N) is 4. The van der Waals surface area contributed by atoms with Crippen LogP contribution in [0.1, 0.15) is 5.56 Å². The predicted octanol–water partition coefficient (Wildman–Crippen LogP) is 3.60. The minimum absolute atomic E-state index is 0.0333. The topological polar surface area (TPSA) is 133 Å². The third kappa shape index (κ3) is 3.59. The molecule has 0 bridgehead atoms. The number of methoxy groups -OCH3 is 1. The Labute approximate surface area is 194 Å². The number of rotatable bonds is 5. The van der Waals surface area contributed by atoms with Gasteiger partial charge >= 0.3 is 0 Å². The molecular formula is C24H19N5O4S. The van der Waals surface area contributed by atoms with Gasteiger partial charge in [0.25, 0.3) is 0 Å². The summed E-state index contributed by atoms with van der Waals surface area (Å²) in [6.07, 6.45) is 1.45. The molecule has 5 aromatic rings. The molecule has 3 aromatic carbocycles. The van der Waals surface area contributed by atoms with Gasteiger partial charge in [0, 0.05) is 0 Å². The predicted molar refractivity (Wildman–Crippen MR) is 129 cm³/mol. The molecule has 0 radical (unpaired) electrons. The molecule has 5 rings (SSSR count). The van der Waals surface area contributed by atoms with Crippen molar-refractivity contribution in [1.29, 1.82) is 0 Å². The number of benzene rings is 3. The van der Waals surface area contributed by atoms with Gasteiger partial charge in [-0.25, -0.2) is 18.4 Å². The van der Waals surface area contributed by atoms with Gasteiger partial charge in [-0.3, -0.25) is 0 Å². The molecule has 34 heavy (non-hydrogen) atoms. The maximum atomic E-state index is 13.6. The van der Waals surface area contributed by atoms with Gasteiger partial charge in [0.15, 0.2) is 5.65 Å². The minimum Gasteiger partial charge on any atom is -0.508 e. The highest BCUT2D eigenvalue weighted by atomic mass is 32.2. The quantitative estimate of drug-likeness (QED) is 0.373. The molecule has 170 valence electrons. The average molecular weight is 474 g/mol. The highest BCUT2D eigenvalue weighted by Gasteiger charge is 2.30. The molecular weight excluding hydrogens is 454 g/mol. The second kappa shape index (κ2) is 8.16. The number of phenols is 1. The first kappa shape index (κ1) is 21.4. The smallest absolute Gasteiger partial charge is 0.212 e. The Morgan fingerprint density at radius 1 is 1.00 bits per heavy atom. The maximum Gasteiger partial charge on any atom is 0.212 e. The van der Waals surface area contributed by atoms with Crippen molar-refractivity contribution in [2.45, 2.75) is 9.79 Å². The lowest BCUT2D eigenvalue weighted by molar-refractivity contribution is 0.414. The number of aromatic hydroxyl groups is 1. The largest absolute Gasteiger partial charge is 0.508 e. The normalized spacial score (nSPS) is 12.0. The number of nitrogen functional groups attached to an aromatic ring is 1. The molecule has 0 aliphatic heterocycles. The molecule has 0 aliphatic carbocycles. The molecule has 2 aromatic heterocycles. The number of sulfone groups is 1. The van der Waals surface area contributed by atoms with Gasteiger partial charge in [0.05, 0.1) is 29.3 Å². The number of fused-ring (bicyclic) bond motifs is 2. The van der Waals surface area contributed by atoms with E-state index in [1.807, 2.05) is 6.07 Å². The number of phenolic OH excluding ortho intramolecular Hbond substituents is 1. The van der Waals surface area contributed by atoms with Crippen LogP contribution in [0.5, 0.6) is 11.5 Å². The Morgan fingerprint density at radius 3 is 2.38 bits per heavy atom. The molecule has 0 spiro atoms. The zero-order chi connectivity index (χ0) is 23.9. The lowest BCUT2D eigenvalue weighted by Gasteiger charge is -2.06. The summed E-state index contributed by atoms with van der Waals surface area (Å²) in [5, 5.41) is 14.1. The molecule has 9 nitrogen and oxygen atoms in total. The van der Waals surface area contributed by atoms with Gasteiger partial charge in [-0.2, -0.15) is 9.78 Å². The fraction of sp³-hybridized carbons (Fsp3) is 0.0417. The zero-order valence-electron chi connectivity index (χ0n) is 18.0. The van der Waals surface area contributed by atoms with Gasteiger partial charge < -0.3 is 15.6 Å². The van der Waals surface area contributed by atoms with Crippen molar-refractivity contribution < 1.29 is 18.3 Å². The van der Waals surface area contributed by atoms with Crippen LogP contribution in [0.15, 0.2) is 87.7 Å². The number of anilines is 1. The summed E-state index contributed by atoms with van der Waals surface area (Å²) in [4.78, 5) is 9.02. The molecule has 0 atom stereocenters. The summed E-state index contributed by atoms with van der Waals surface area (Å²) in [5.74, 6) is 0.469. The van der Waals surface area contributed by atoms with Crippen molar-refractivity contribution in [3.8, 4) is 11.5 Å². The Morgan fingerprint density at radius 2 is 1.71 bits per heavy atom. The first-order chi connectivity index (χ1) is 16.4. The third-order valence-electron chi connectivity index (χ3n) is 5.26. The zero-order valence-corrected chi connectivity index (χ0v) is 18.8. The van der Waals surface area contributed by atoms with Crippen LogP contribution in [0, 0.1) is 0 Å².